The molecule has 4 saturated carbocycles. The Balaban J connectivity index is 1.40. The van der Waals surface area contributed by atoms with Crippen LogP contribution in [0.15, 0.2) is 0 Å². The fourth-order valence-corrected chi connectivity index (χ4v) is 8.41. The third-order valence-corrected chi connectivity index (χ3v) is 10.0. The Labute approximate surface area is 164 Å². The van der Waals surface area contributed by atoms with Crippen molar-refractivity contribution in [2.45, 2.75) is 96.1 Å². The standard InChI is InChI=1S/C23H38O4/c1-21-7-3-8-23(21,25)18-5-4-16-13-19(24)15(12-20-26-10-11-27-20)14-22(16,2)17(18)6-9-21/h15-20,24-25H,3-14H2,1-2H3/t15?,16-,17+,18-,19-,21+,22+,23+/m1/s1. The van der Waals surface area contributed by atoms with Gasteiger partial charge in [-0.3, -0.25) is 0 Å². The van der Waals surface area contributed by atoms with Crippen LogP contribution in [0.4, 0.5) is 0 Å². The molecule has 0 bridgehead atoms. The molecular formula is C23H38O4. The summed E-state index contributed by atoms with van der Waals surface area (Å²) >= 11 is 0. The van der Waals surface area contributed by atoms with Crippen LogP contribution in [0.1, 0.15) is 78.1 Å². The van der Waals surface area contributed by atoms with Gasteiger partial charge in [-0.15, -0.1) is 0 Å². The molecule has 1 aliphatic heterocycles. The van der Waals surface area contributed by atoms with Crippen LogP contribution in [-0.4, -0.2) is 41.4 Å². The molecule has 8 atom stereocenters. The van der Waals surface area contributed by atoms with Gasteiger partial charge in [-0.1, -0.05) is 13.8 Å². The van der Waals surface area contributed by atoms with Crippen molar-refractivity contribution in [3.63, 3.8) is 0 Å². The SMILES string of the molecule is C[C@]12CC(CC3OCCO3)[C@H](O)C[C@H]1CC[C@@H]1[C@@H]2CC[C@]2(C)CCC[C@]12O. The van der Waals surface area contributed by atoms with Crippen LogP contribution in [0.25, 0.3) is 0 Å². The van der Waals surface area contributed by atoms with Crippen molar-refractivity contribution >= 4 is 0 Å². The topological polar surface area (TPSA) is 58.9 Å². The van der Waals surface area contributed by atoms with Gasteiger partial charge in [0.1, 0.15) is 0 Å². The van der Waals surface area contributed by atoms with E-state index in [2.05, 4.69) is 13.8 Å². The molecule has 4 heteroatoms. The Morgan fingerprint density at radius 1 is 0.963 bits per heavy atom. The molecule has 5 aliphatic rings. The lowest BCUT2D eigenvalue weighted by Crippen LogP contribution is -2.62. The number of ether oxygens (including phenoxy) is 2. The van der Waals surface area contributed by atoms with Gasteiger partial charge in [0.05, 0.1) is 24.9 Å². The van der Waals surface area contributed by atoms with Crippen LogP contribution in [0.3, 0.4) is 0 Å². The summed E-state index contributed by atoms with van der Waals surface area (Å²) in [5.74, 6) is 1.92. The van der Waals surface area contributed by atoms with Crippen LogP contribution in [0.2, 0.25) is 0 Å². The Bertz CT molecular complexity index is 575. The van der Waals surface area contributed by atoms with E-state index in [1.54, 1.807) is 0 Å². The predicted molar refractivity (Wildman–Crippen MR) is 103 cm³/mol. The minimum Gasteiger partial charge on any atom is -0.393 e. The van der Waals surface area contributed by atoms with Gasteiger partial charge in [-0.05, 0) is 92.3 Å². The first-order valence-electron chi connectivity index (χ1n) is 11.5. The summed E-state index contributed by atoms with van der Waals surface area (Å²) < 4.78 is 11.4. The van der Waals surface area contributed by atoms with Crippen molar-refractivity contribution in [1.29, 1.82) is 0 Å². The summed E-state index contributed by atoms with van der Waals surface area (Å²) in [6.45, 7) is 6.21. The predicted octanol–water partition coefficient (Wildman–Crippen LogP) is 3.88. The number of aliphatic hydroxyl groups is 2. The summed E-state index contributed by atoms with van der Waals surface area (Å²) in [6.07, 6.45) is 10.6. The molecule has 1 saturated heterocycles. The van der Waals surface area contributed by atoms with Gasteiger partial charge in [-0.2, -0.15) is 0 Å². The molecule has 1 unspecified atom stereocenters. The zero-order valence-electron chi connectivity index (χ0n) is 17.2. The maximum Gasteiger partial charge on any atom is 0.158 e. The molecule has 0 spiro atoms. The largest absolute Gasteiger partial charge is 0.393 e. The number of hydrogen-bond donors (Lipinski definition) is 2. The molecule has 0 aromatic heterocycles. The molecule has 2 N–H and O–H groups in total. The van der Waals surface area contributed by atoms with Crippen LogP contribution in [0, 0.1) is 34.5 Å². The Morgan fingerprint density at radius 2 is 1.74 bits per heavy atom. The van der Waals surface area contributed by atoms with E-state index < -0.39 is 5.60 Å². The fraction of sp³-hybridized carbons (Fsp3) is 1.00. The van der Waals surface area contributed by atoms with Gasteiger partial charge in [0.15, 0.2) is 6.29 Å². The molecule has 4 nitrogen and oxygen atoms in total. The molecular weight excluding hydrogens is 340 g/mol. The molecule has 0 amide bonds. The smallest absolute Gasteiger partial charge is 0.158 e. The lowest BCUT2D eigenvalue weighted by Gasteiger charge is -2.64. The zero-order valence-corrected chi connectivity index (χ0v) is 17.2. The normalized spacial score (nSPS) is 55.8. The van der Waals surface area contributed by atoms with Crippen molar-refractivity contribution in [3.8, 4) is 0 Å². The van der Waals surface area contributed by atoms with E-state index in [9.17, 15) is 10.2 Å². The van der Waals surface area contributed by atoms with Crippen molar-refractivity contribution in [2.75, 3.05) is 13.2 Å². The number of fused-ring (bicyclic) bond motifs is 5. The zero-order chi connectivity index (χ0) is 18.9. The van der Waals surface area contributed by atoms with Gasteiger partial charge in [0.2, 0.25) is 0 Å². The van der Waals surface area contributed by atoms with E-state index in [0.29, 0.717) is 31.0 Å². The molecule has 4 aliphatic carbocycles. The highest BCUT2D eigenvalue weighted by Gasteiger charge is 2.65. The third kappa shape index (κ3) is 2.69. The second-order valence-corrected chi connectivity index (χ2v) is 11.0. The van der Waals surface area contributed by atoms with Crippen LogP contribution in [0.5, 0.6) is 0 Å². The van der Waals surface area contributed by atoms with Crippen molar-refractivity contribution in [2.24, 2.45) is 34.5 Å². The Morgan fingerprint density at radius 3 is 2.52 bits per heavy atom. The van der Waals surface area contributed by atoms with Crippen LogP contribution >= 0.6 is 0 Å². The van der Waals surface area contributed by atoms with Crippen LogP contribution in [-0.2, 0) is 9.47 Å². The third-order valence-electron chi connectivity index (χ3n) is 10.0. The molecule has 0 aromatic carbocycles. The van der Waals surface area contributed by atoms with E-state index in [0.717, 1.165) is 32.1 Å². The molecule has 1 heterocycles. The van der Waals surface area contributed by atoms with E-state index in [4.69, 9.17) is 9.47 Å². The average Bonchev–Trinajstić information content (AvgIpc) is 3.23. The summed E-state index contributed by atoms with van der Waals surface area (Å²) in [5, 5.41) is 22.7. The minimum atomic E-state index is -0.451. The van der Waals surface area contributed by atoms with E-state index in [1.807, 2.05) is 0 Å². The summed E-state index contributed by atoms with van der Waals surface area (Å²) in [5.41, 5.74) is -0.0747. The van der Waals surface area contributed by atoms with Crippen molar-refractivity contribution < 1.29 is 19.7 Å². The second kappa shape index (κ2) is 6.42. The van der Waals surface area contributed by atoms with E-state index >= 15 is 0 Å². The van der Waals surface area contributed by atoms with E-state index in [1.165, 1.54) is 32.1 Å². The first kappa shape index (κ1) is 18.8. The Hall–Kier alpha value is -0.160. The monoisotopic (exact) mass is 378 g/mol. The van der Waals surface area contributed by atoms with Gasteiger partial charge in [-0.25, -0.2) is 0 Å². The van der Waals surface area contributed by atoms with Gasteiger partial charge in [0.25, 0.3) is 0 Å². The summed E-state index contributed by atoms with van der Waals surface area (Å²) in [6, 6.07) is 0. The number of rotatable bonds is 2. The highest BCUT2D eigenvalue weighted by Crippen LogP contribution is 2.68. The molecule has 5 rings (SSSR count). The van der Waals surface area contributed by atoms with Gasteiger partial charge >= 0.3 is 0 Å². The van der Waals surface area contributed by atoms with Crippen LogP contribution < -0.4 is 0 Å². The number of aliphatic hydroxyl groups excluding tert-OH is 1. The van der Waals surface area contributed by atoms with Gasteiger partial charge in [0, 0.05) is 6.42 Å². The maximum atomic E-state index is 11.8. The number of hydrogen-bond acceptors (Lipinski definition) is 4. The maximum absolute atomic E-state index is 11.8. The first-order chi connectivity index (χ1) is 12.9. The van der Waals surface area contributed by atoms with Crippen molar-refractivity contribution in [1.82, 2.24) is 0 Å². The highest BCUT2D eigenvalue weighted by atomic mass is 16.7. The molecule has 154 valence electrons. The lowest BCUT2D eigenvalue weighted by atomic mass is 9.43. The lowest BCUT2D eigenvalue weighted by molar-refractivity contribution is -0.211. The minimum absolute atomic E-state index is 0.127. The quantitative estimate of drug-likeness (QED) is 0.765. The molecule has 0 aromatic rings. The first-order valence-corrected chi connectivity index (χ1v) is 11.5. The second-order valence-electron chi connectivity index (χ2n) is 11.0. The summed E-state index contributed by atoms with van der Waals surface area (Å²) in [7, 11) is 0. The highest BCUT2D eigenvalue weighted by molar-refractivity contribution is 5.15. The van der Waals surface area contributed by atoms with E-state index in [-0.39, 0.29) is 29.1 Å². The molecule has 5 fully saturated rings. The fourth-order valence-electron chi connectivity index (χ4n) is 8.41. The van der Waals surface area contributed by atoms with Crippen molar-refractivity contribution in [3.05, 3.63) is 0 Å². The molecule has 27 heavy (non-hydrogen) atoms. The van der Waals surface area contributed by atoms with Gasteiger partial charge < -0.3 is 19.7 Å². The average molecular weight is 379 g/mol. The Kier molecular flexibility index (Phi) is 4.48. The molecule has 0 radical (unpaired) electrons. The summed E-state index contributed by atoms with van der Waals surface area (Å²) in [4.78, 5) is 0.